The number of nitrogens with one attached hydrogen (secondary N) is 7. The molecule has 0 aliphatic carbocycles. The van der Waals surface area contributed by atoms with Gasteiger partial charge in [0, 0.05) is 51.7 Å². The molecule has 79 heavy (non-hydrogen) atoms. The Hall–Kier alpha value is -5.68. The van der Waals surface area contributed by atoms with Crippen LogP contribution in [0.15, 0.2) is 0 Å². The van der Waals surface area contributed by atoms with Crippen LogP contribution in [0.2, 0.25) is 0 Å². The molecule has 4 atom stereocenters. The first-order valence-corrected chi connectivity index (χ1v) is 27.9. The first-order chi connectivity index (χ1) is 37.9. The lowest BCUT2D eigenvalue weighted by atomic mass is 10.0. The number of primary amides is 1. The summed E-state index contributed by atoms with van der Waals surface area (Å²) in [6.45, 7) is 0.228. The van der Waals surface area contributed by atoms with Gasteiger partial charge in [-0.3, -0.25) is 43.1 Å². The largest absolute Gasteiger partial charge is 0.481 e. The second-order valence-corrected chi connectivity index (χ2v) is 19.1. The fourth-order valence-corrected chi connectivity index (χ4v) is 7.80. The number of carboxylic acids is 4. The van der Waals surface area contributed by atoms with Crippen molar-refractivity contribution in [3.63, 3.8) is 0 Å². The predicted molar refractivity (Wildman–Crippen MR) is 289 cm³/mol. The minimum Gasteiger partial charge on any atom is -0.481 e. The van der Waals surface area contributed by atoms with Gasteiger partial charge in [-0.05, 0) is 51.4 Å². The molecule has 0 aromatic carbocycles. The minimum absolute atomic E-state index is 0.0355. The number of rotatable bonds is 55. The van der Waals surface area contributed by atoms with Gasteiger partial charge in [0.2, 0.25) is 41.4 Å². The molecule has 0 heterocycles. The van der Waals surface area contributed by atoms with Gasteiger partial charge >= 0.3 is 23.9 Å². The predicted octanol–water partition coefficient (Wildman–Crippen LogP) is 1.23. The molecule has 0 aromatic rings. The molecule has 0 saturated carbocycles. The van der Waals surface area contributed by atoms with Crippen molar-refractivity contribution in [1.82, 2.24) is 36.6 Å². The highest BCUT2D eigenvalue weighted by Crippen LogP contribution is 2.14. The number of carbonyl (C=O) groups is 11. The van der Waals surface area contributed by atoms with Crippen LogP contribution in [0.5, 0.6) is 0 Å². The molecule has 454 valence electrons. The second kappa shape index (κ2) is 49.4. The minimum atomic E-state index is -1.49. The maximum Gasteiger partial charge on any atom is 0.326 e. The van der Waals surface area contributed by atoms with E-state index in [4.69, 9.17) is 29.8 Å². The normalized spacial score (nSPS) is 12.5. The van der Waals surface area contributed by atoms with Gasteiger partial charge in [-0.2, -0.15) is 0 Å². The SMILES string of the molecule is NC(=O)C(CCCCNC(=O)CCC(NC(=O)CC[C@H](NC(=O)COCCOCCNC(=O)COCCOCCNC(=O)CCC(NC(=O)CCCCCCCCCCCCCCCCC(=O)O)C(=O)O)C(=O)O)C(=O)O)NS. The maximum absolute atomic E-state index is 12.5. The molecular formula is C51H90N8O19S. The standard InChI is InChI=1S/C51H90N8O19S/c52-48(68)37(59-79)17-15-16-26-53-41(60)23-20-39(50(71)72)57-44(63)25-22-40(51(73)74)58-46(65)36-78-34-32-76-30-28-55-45(64)35-77-33-31-75-29-27-54-42(61)24-21-38(49(69)70)56-43(62)18-13-11-9-7-5-3-1-2-4-6-8-10-12-14-19-47(66)67/h37-40,59,79H,1-36H2,(H2,52,68)(H,53,60)(H,54,61)(H,55,64)(H,56,62)(H,57,63)(H,58,65)(H,66,67)(H,69,70)(H,71,72)(H,73,74)/t37?,38?,39?,40-/m0/s1. The van der Waals surface area contributed by atoms with E-state index in [1.54, 1.807) is 0 Å². The number of unbranched alkanes of at least 4 members (excludes halogenated alkanes) is 14. The van der Waals surface area contributed by atoms with Gasteiger partial charge in [0.25, 0.3) is 0 Å². The topological polar surface area (TPSA) is 416 Å². The molecule has 0 aliphatic rings. The summed E-state index contributed by atoms with van der Waals surface area (Å²) in [5.74, 6) is -8.57. The Kier molecular flexibility index (Phi) is 45.8. The van der Waals surface area contributed by atoms with E-state index in [1.807, 2.05) is 0 Å². The van der Waals surface area contributed by atoms with Crippen molar-refractivity contribution in [3.05, 3.63) is 0 Å². The number of carbonyl (C=O) groups excluding carboxylic acids is 7. The summed E-state index contributed by atoms with van der Waals surface area (Å²) in [7, 11) is 0. The van der Waals surface area contributed by atoms with Crippen LogP contribution in [-0.2, 0) is 71.7 Å². The van der Waals surface area contributed by atoms with Crippen molar-refractivity contribution < 1.29 is 92.1 Å². The number of hydrogen-bond acceptors (Lipinski definition) is 17. The number of carboxylic acid groups (broad SMARTS) is 4. The van der Waals surface area contributed by atoms with Crippen LogP contribution in [0.25, 0.3) is 0 Å². The quantitative estimate of drug-likeness (QED) is 0.0301. The molecular weight excluding hydrogens is 1060 g/mol. The Morgan fingerprint density at radius 2 is 0.709 bits per heavy atom. The van der Waals surface area contributed by atoms with Crippen molar-refractivity contribution in [2.45, 2.75) is 185 Å². The van der Waals surface area contributed by atoms with Gasteiger partial charge in [0.05, 0.1) is 45.7 Å². The highest BCUT2D eigenvalue weighted by molar-refractivity contribution is 7.78. The summed E-state index contributed by atoms with van der Waals surface area (Å²) in [5, 5.41) is 52.1. The lowest BCUT2D eigenvalue weighted by molar-refractivity contribution is -0.144. The number of aliphatic carboxylic acids is 4. The first-order valence-electron chi connectivity index (χ1n) is 27.4. The van der Waals surface area contributed by atoms with Gasteiger partial charge in [-0.25, -0.2) is 14.4 Å². The molecule has 0 spiro atoms. The third-order valence-electron chi connectivity index (χ3n) is 12.0. The average molecular weight is 1150 g/mol. The average Bonchev–Trinajstić information content (AvgIpc) is 3.39. The fraction of sp³-hybridized carbons (Fsp3) is 0.784. The van der Waals surface area contributed by atoms with E-state index in [9.17, 15) is 68.1 Å². The van der Waals surface area contributed by atoms with Crippen LogP contribution in [0, 0.1) is 0 Å². The molecule has 0 radical (unpaired) electrons. The summed E-state index contributed by atoms with van der Waals surface area (Å²) in [5.41, 5.74) is 5.22. The molecule has 0 saturated heterocycles. The molecule has 3 unspecified atom stereocenters. The van der Waals surface area contributed by atoms with Gasteiger partial charge in [-0.1, -0.05) is 89.9 Å². The number of ether oxygens (including phenoxy) is 4. The molecule has 0 rings (SSSR count). The van der Waals surface area contributed by atoms with Gasteiger partial charge in [0.15, 0.2) is 0 Å². The smallest absolute Gasteiger partial charge is 0.326 e. The van der Waals surface area contributed by atoms with Gasteiger partial charge in [-0.15, -0.1) is 0 Å². The molecule has 0 bridgehead atoms. The van der Waals surface area contributed by atoms with E-state index < -0.39 is 96.5 Å². The molecule has 7 amide bonds. The molecule has 27 nitrogen and oxygen atoms in total. The van der Waals surface area contributed by atoms with Gasteiger partial charge < -0.3 is 77.0 Å². The van der Waals surface area contributed by atoms with E-state index in [2.05, 4.69) is 49.4 Å². The van der Waals surface area contributed by atoms with Crippen molar-refractivity contribution >= 4 is 78.0 Å². The van der Waals surface area contributed by atoms with Crippen molar-refractivity contribution in [3.8, 4) is 0 Å². The Morgan fingerprint density at radius 1 is 0.354 bits per heavy atom. The molecule has 28 heteroatoms. The van der Waals surface area contributed by atoms with Crippen LogP contribution in [-0.4, -0.2) is 182 Å². The number of amides is 7. The zero-order valence-electron chi connectivity index (χ0n) is 45.7. The molecule has 13 N–H and O–H groups in total. The fourth-order valence-electron chi connectivity index (χ4n) is 7.54. The second-order valence-electron chi connectivity index (χ2n) is 18.8. The summed E-state index contributed by atoms with van der Waals surface area (Å²) < 4.78 is 23.7. The highest BCUT2D eigenvalue weighted by atomic mass is 32.1. The number of thiol groups is 1. The maximum atomic E-state index is 12.5. The third kappa shape index (κ3) is 45.8. The Balaban J connectivity index is 3.97. The molecule has 0 aromatic heterocycles. The highest BCUT2D eigenvalue weighted by Gasteiger charge is 2.25. The number of nitrogens with two attached hydrogens (primary N) is 1. The Labute approximate surface area is 468 Å². The summed E-state index contributed by atoms with van der Waals surface area (Å²) in [6.07, 6.45) is 15.3. The molecule has 0 fully saturated rings. The van der Waals surface area contributed by atoms with Crippen molar-refractivity contribution in [2.24, 2.45) is 5.73 Å². The van der Waals surface area contributed by atoms with Crippen molar-refractivity contribution in [2.75, 3.05) is 72.5 Å². The zero-order chi connectivity index (χ0) is 58.9. The summed E-state index contributed by atoms with van der Waals surface area (Å²) in [4.78, 5) is 130. The van der Waals surface area contributed by atoms with E-state index in [1.165, 1.54) is 32.1 Å². The van der Waals surface area contributed by atoms with Crippen LogP contribution < -0.4 is 42.4 Å². The Morgan fingerprint density at radius 3 is 1.13 bits per heavy atom. The van der Waals surface area contributed by atoms with Crippen LogP contribution in [0.1, 0.15) is 161 Å². The lowest BCUT2D eigenvalue weighted by Gasteiger charge is -2.17. The van der Waals surface area contributed by atoms with E-state index >= 15 is 0 Å². The molecule has 0 aliphatic heterocycles. The van der Waals surface area contributed by atoms with E-state index in [-0.39, 0.29) is 117 Å². The monoisotopic (exact) mass is 1150 g/mol. The lowest BCUT2D eigenvalue weighted by Crippen LogP contribution is -2.45. The van der Waals surface area contributed by atoms with Crippen LogP contribution in [0.3, 0.4) is 0 Å². The van der Waals surface area contributed by atoms with Crippen LogP contribution in [0.4, 0.5) is 0 Å². The van der Waals surface area contributed by atoms with Crippen LogP contribution >= 0.6 is 12.8 Å². The zero-order valence-corrected chi connectivity index (χ0v) is 46.6. The summed E-state index contributed by atoms with van der Waals surface area (Å²) >= 11 is 3.83. The third-order valence-corrected chi connectivity index (χ3v) is 12.3. The first kappa shape index (κ1) is 73.3. The Bertz CT molecular complexity index is 1800. The van der Waals surface area contributed by atoms with E-state index in [0.717, 1.165) is 51.4 Å². The number of hydrogen-bond donors (Lipinski definition) is 13. The summed E-state index contributed by atoms with van der Waals surface area (Å²) in [6, 6.07) is -4.71. The van der Waals surface area contributed by atoms with E-state index in [0.29, 0.717) is 25.7 Å². The van der Waals surface area contributed by atoms with Gasteiger partial charge in [0.1, 0.15) is 31.3 Å². The van der Waals surface area contributed by atoms with Crippen molar-refractivity contribution in [1.29, 1.82) is 0 Å².